The van der Waals surface area contributed by atoms with E-state index in [0.717, 1.165) is 0 Å². The average molecular weight is 419 g/mol. The molecule has 0 radical (unpaired) electrons. The van der Waals surface area contributed by atoms with Crippen molar-refractivity contribution in [2.45, 2.75) is 18.4 Å². The Labute approximate surface area is 166 Å². The maximum atomic E-state index is 12.4. The lowest BCUT2D eigenvalue weighted by Crippen LogP contribution is -2.62. The zero-order valence-electron chi connectivity index (χ0n) is 13.6. The Morgan fingerprint density at radius 2 is 1.58 bits per heavy atom. The van der Waals surface area contributed by atoms with E-state index >= 15 is 0 Å². The van der Waals surface area contributed by atoms with Crippen LogP contribution in [0.4, 0.5) is 4.79 Å². The van der Waals surface area contributed by atoms with Gasteiger partial charge in [0.25, 0.3) is 0 Å². The molecule has 5 N–H and O–H groups in total. The SMILES string of the molecule is O=C(NCCS)N(CCS)C(NCCS)C(O)C(O)CNCCS. The number of urea groups is 1. The van der Waals surface area contributed by atoms with Crippen LogP contribution in [-0.2, 0) is 0 Å². The Balaban J connectivity index is 5.01. The van der Waals surface area contributed by atoms with E-state index in [4.69, 9.17) is 0 Å². The number of thiol groups is 4. The zero-order valence-corrected chi connectivity index (χ0v) is 17.2. The fourth-order valence-corrected chi connectivity index (χ4v) is 2.64. The van der Waals surface area contributed by atoms with E-state index < -0.39 is 18.4 Å². The normalized spacial score (nSPS) is 14.9. The maximum absolute atomic E-state index is 12.4. The standard InChI is InChI=1S/C13H30N4O3S4/c18-10(9-14-1-5-21)11(19)12(15-2-6-22)17(4-8-24)13(20)16-3-7-23/h10-12,14-15,18-19,21-24H,1-9H2,(H,16,20). The maximum Gasteiger partial charge on any atom is 0.318 e. The summed E-state index contributed by atoms with van der Waals surface area (Å²) in [4.78, 5) is 13.8. The second-order valence-electron chi connectivity index (χ2n) is 4.98. The summed E-state index contributed by atoms with van der Waals surface area (Å²) in [6.07, 6.45) is -2.96. The summed E-state index contributed by atoms with van der Waals surface area (Å²) in [6.45, 7) is 2.02. The molecule has 0 saturated carbocycles. The first-order valence-electron chi connectivity index (χ1n) is 7.81. The highest BCUT2D eigenvalue weighted by Gasteiger charge is 2.33. The predicted molar refractivity (Wildman–Crippen MR) is 112 cm³/mol. The van der Waals surface area contributed by atoms with Gasteiger partial charge in [-0.2, -0.15) is 50.5 Å². The van der Waals surface area contributed by atoms with Crippen molar-refractivity contribution in [1.82, 2.24) is 20.9 Å². The number of carbonyl (C=O) groups excluding carboxylic acids is 1. The van der Waals surface area contributed by atoms with Crippen molar-refractivity contribution in [3.63, 3.8) is 0 Å². The number of hydrogen-bond donors (Lipinski definition) is 9. The van der Waals surface area contributed by atoms with Gasteiger partial charge in [-0.15, -0.1) is 0 Å². The molecular weight excluding hydrogens is 388 g/mol. The minimum Gasteiger partial charge on any atom is -0.389 e. The highest BCUT2D eigenvalue weighted by Crippen LogP contribution is 2.08. The number of aliphatic hydroxyl groups is 2. The quantitative estimate of drug-likeness (QED) is 0.102. The van der Waals surface area contributed by atoms with Gasteiger partial charge in [0.05, 0.1) is 6.10 Å². The first-order valence-corrected chi connectivity index (χ1v) is 10.3. The van der Waals surface area contributed by atoms with Gasteiger partial charge in [0, 0.05) is 55.7 Å². The summed E-state index contributed by atoms with van der Waals surface area (Å²) in [5, 5.41) is 29.5. The molecule has 7 nitrogen and oxygen atoms in total. The van der Waals surface area contributed by atoms with E-state index in [1.807, 2.05) is 0 Å². The average Bonchev–Trinajstić information content (AvgIpc) is 2.58. The van der Waals surface area contributed by atoms with E-state index in [1.54, 1.807) is 0 Å². The van der Waals surface area contributed by atoms with E-state index in [2.05, 4.69) is 66.5 Å². The first-order chi connectivity index (χ1) is 11.5. The minimum atomic E-state index is -1.17. The second-order valence-corrected chi connectivity index (χ2v) is 6.77. The van der Waals surface area contributed by atoms with Crippen LogP contribution in [0.5, 0.6) is 0 Å². The smallest absolute Gasteiger partial charge is 0.318 e. The molecule has 0 saturated heterocycles. The van der Waals surface area contributed by atoms with Crippen LogP contribution in [0, 0.1) is 0 Å². The monoisotopic (exact) mass is 418 g/mol. The van der Waals surface area contributed by atoms with Gasteiger partial charge >= 0.3 is 6.03 Å². The van der Waals surface area contributed by atoms with E-state index in [0.29, 0.717) is 49.2 Å². The third-order valence-electron chi connectivity index (χ3n) is 3.15. The number of carbonyl (C=O) groups is 1. The van der Waals surface area contributed by atoms with Crippen LogP contribution in [0.15, 0.2) is 0 Å². The van der Waals surface area contributed by atoms with E-state index in [1.165, 1.54) is 4.90 Å². The Morgan fingerprint density at radius 3 is 2.12 bits per heavy atom. The summed E-state index contributed by atoms with van der Waals surface area (Å²) in [5.74, 6) is 2.09. The first kappa shape index (κ1) is 24.5. The van der Waals surface area contributed by atoms with Gasteiger partial charge in [-0.25, -0.2) is 4.79 Å². The van der Waals surface area contributed by atoms with Crippen LogP contribution >= 0.6 is 50.5 Å². The molecule has 11 heteroatoms. The van der Waals surface area contributed by atoms with Gasteiger partial charge < -0.3 is 25.7 Å². The lowest BCUT2D eigenvalue weighted by molar-refractivity contribution is -0.0358. The molecule has 0 bridgehead atoms. The molecule has 0 aromatic rings. The lowest BCUT2D eigenvalue weighted by Gasteiger charge is -2.37. The molecule has 0 aliphatic rings. The molecule has 0 heterocycles. The van der Waals surface area contributed by atoms with Gasteiger partial charge in [-0.1, -0.05) is 0 Å². The highest BCUT2D eigenvalue weighted by atomic mass is 32.1. The number of nitrogens with one attached hydrogen (secondary N) is 3. The molecule has 0 fully saturated rings. The topological polar surface area (TPSA) is 96.9 Å². The van der Waals surface area contributed by atoms with Gasteiger partial charge in [0.2, 0.25) is 0 Å². The fraction of sp³-hybridized carbons (Fsp3) is 0.923. The van der Waals surface area contributed by atoms with Crippen molar-refractivity contribution in [2.75, 3.05) is 55.7 Å². The van der Waals surface area contributed by atoms with Crippen LogP contribution in [0.1, 0.15) is 0 Å². The molecule has 24 heavy (non-hydrogen) atoms. The van der Waals surface area contributed by atoms with Crippen molar-refractivity contribution < 1.29 is 15.0 Å². The molecule has 3 unspecified atom stereocenters. The molecule has 0 aliphatic carbocycles. The summed E-state index contributed by atoms with van der Waals surface area (Å²) in [7, 11) is 0. The molecule has 0 aliphatic heterocycles. The molecule has 0 aromatic carbocycles. The molecule has 0 rings (SSSR count). The van der Waals surface area contributed by atoms with Gasteiger partial charge in [-0.05, 0) is 0 Å². The molecule has 144 valence electrons. The molecule has 3 atom stereocenters. The minimum absolute atomic E-state index is 0.202. The third-order valence-corrected chi connectivity index (χ3v) is 4.02. The van der Waals surface area contributed by atoms with Crippen molar-refractivity contribution in [2.24, 2.45) is 0 Å². The predicted octanol–water partition coefficient (Wildman–Crippen LogP) is -1.06. The highest BCUT2D eigenvalue weighted by molar-refractivity contribution is 7.80. The Kier molecular flexibility index (Phi) is 16.1. The molecule has 0 spiro atoms. The van der Waals surface area contributed by atoms with Crippen molar-refractivity contribution >= 4 is 56.5 Å². The number of aliphatic hydroxyl groups excluding tert-OH is 2. The van der Waals surface area contributed by atoms with Crippen LogP contribution in [-0.4, -0.2) is 95.3 Å². The van der Waals surface area contributed by atoms with Gasteiger partial charge in [-0.3, -0.25) is 5.32 Å². The molecule has 0 aromatic heterocycles. The Bertz CT molecular complexity index is 332. The van der Waals surface area contributed by atoms with Gasteiger partial charge in [0.15, 0.2) is 0 Å². The van der Waals surface area contributed by atoms with Crippen molar-refractivity contribution in [3.8, 4) is 0 Å². The van der Waals surface area contributed by atoms with Gasteiger partial charge in [0.1, 0.15) is 12.3 Å². The molecule has 2 amide bonds. The Hall–Kier alpha value is 0.510. The zero-order chi connectivity index (χ0) is 18.4. The largest absolute Gasteiger partial charge is 0.389 e. The summed E-state index contributed by atoms with van der Waals surface area (Å²) in [6, 6.07) is -0.343. The van der Waals surface area contributed by atoms with Crippen molar-refractivity contribution in [1.29, 1.82) is 0 Å². The lowest BCUT2D eigenvalue weighted by atomic mass is 10.1. The van der Waals surface area contributed by atoms with E-state index in [9.17, 15) is 15.0 Å². The summed E-state index contributed by atoms with van der Waals surface area (Å²) in [5.41, 5.74) is 0. The number of hydrogen-bond acceptors (Lipinski definition) is 9. The molecular formula is C13H30N4O3S4. The number of amides is 2. The Morgan fingerprint density at radius 1 is 0.958 bits per heavy atom. The van der Waals surface area contributed by atoms with Crippen LogP contribution in [0.2, 0.25) is 0 Å². The summed E-state index contributed by atoms with van der Waals surface area (Å²) < 4.78 is 0. The van der Waals surface area contributed by atoms with Crippen LogP contribution in [0.25, 0.3) is 0 Å². The third kappa shape index (κ3) is 9.85. The number of rotatable bonds is 14. The fourth-order valence-electron chi connectivity index (χ4n) is 2.03. The summed E-state index contributed by atoms with van der Waals surface area (Å²) >= 11 is 16.5. The van der Waals surface area contributed by atoms with Crippen molar-refractivity contribution in [3.05, 3.63) is 0 Å². The van der Waals surface area contributed by atoms with Crippen LogP contribution in [0.3, 0.4) is 0 Å². The van der Waals surface area contributed by atoms with E-state index in [-0.39, 0.29) is 12.6 Å². The number of nitrogens with zero attached hydrogens (tertiary/aromatic N) is 1. The van der Waals surface area contributed by atoms with Crippen LogP contribution < -0.4 is 16.0 Å². The second kappa shape index (κ2) is 15.7.